The highest BCUT2D eigenvalue weighted by atomic mass is 16.5. The molecule has 0 radical (unpaired) electrons. The Kier molecular flexibility index (Phi) is 13.8. The Bertz CT molecular complexity index is 2790. The average molecular weight is 949 g/mol. The molecule has 1 fully saturated rings. The number of carbonyl (C=O) groups excluding carboxylic acids is 4. The quantitative estimate of drug-likeness (QED) is 0.106. The predicted molar refractivity (Wildman–Crippen MR) is 271 cm³/mol. The fraction of sp³-hybridized carbons (Fsp3) is 0.370. The van der Waals surface area contributed by atoms with Crippen LogP contribution in [0.5, 0.6) is 23.0 Å². The molecule has 0 bridgehead atoms. The van der Waals surface area contributed by atoms with Crippen molar-refractivity contribution in [2.24, 2.45) is 33.5 Å². The first-order valence-electron chi connectivity index (χ1n) is 23.9. The molecule has 4 atom stereocenters. The molecule has 5 heterocycles. The number of rotatable bonds is 16. The molecule has 0 aliphatic carbocycles. The van der Waals surface area contributed by atoms with Crippen molar-refractivity contribution in [3.05, 3.63) is 107 Å². The summed E-state index contributed by atoms with van der Waals surface area (Å²) in [7, 11) is 5.23. The van der Waals surface area contributed by atoms with Crippen LogP contribution in [-0.4, -0.2) is 124 Å². The van der Waals surface area contributed by atoms with Crippen LogP contribution in [0.2, 0.25) is 0 Å². The lowest BCUT2D eigenvalue weighted by molar-refractivity contribution is -0.131. The fourth-order valence-corrected chi connectivity index (χ4v) is 9.86. The number of ether oxygens (including phenoxy) is 4. The second-order valence-corrected chi connectivity index (χ2v) is 18.8. The summed E-state index contributed by atoms with van der Waals surface area (Å²) in [6.07, 6.45) is 9.10. The number of benzene rings is 4. The molecule has 364 valence electrons. The van der Waals surface area contributed by atoms with Gasteiger partial charge in [0.15, 0.2) is 23.0 Å². The Morgan fingerprint density at radius 1 is 0.700 bits per heavy atom. The minimum atomic E-state index is -0.591. The summed E-state index contributed by atoms with van der Waals surface area (Å²) in [5, 5.41) is 2.90. The highest BCUT2D eigenvalue weighted by molar-refractivity contribution is 6.06. The second kappa shape index (κ2) is 20.2. The molecule has 4 amide bonds. The van der Waals surface area contributed by atoms with Gasteiger partial charge in [-0.15, -0.1) is 0 Å². The summed E-state index contributed by atoms with van der Waals surface area (Å²) in [6, 6.07) is 22.3. The van der Waals surface area contributed by atoms with Crippen molar-refractivity contribution in [2.75, 3.05) is 70.9 Å². The maximum atomic E-state index is 14.0. The Hall–Kier alpha value is -7.46. The van der Waals surface area contributed by atoms with Gasteiger partial charge in [-0.2, -0.15) is 0 Å². The number of carbonyl (C=O) groups is 4. The Morgan fingerprint density at radius 2 is 1.19 bits per heavy atom. The molecule has 0 spiro atoms. The van der Waals surface area contributed by atoms with E-state index in [1.807, 2.05) is 44.6 Å². The first-order chi connectivity index (χ1) is 33.8. The van der Waals surface area contributed by atoms with Gasteiger partial charge in [-0.3, -0.25) is 29.2 Å². The van der Waals surface area contributed by atoms with Crippen LogP contribution in [0.25, 0.3) is 11.1 Å². The van der Waals surface area contributed by atoms with Crippen LogP contribution in [0.3, 0.4) is 0 Å². The third-order valence-corrected chi connectivity index (χ3v) is 13.9. The van der Waals surface area contributed by atoms with E-state index in [2.05, 4.69) is 46.4 Å². The number of hydrogen-bond donors (Lipinski definition) is 2. The number of anilines is 2. The molecule has 4 aromatic carbocycles. The number of aliphatic imine (C=N–C) groups is 2. The highest BCUT2D eigenvalue weighted by Gasteiger charge is 2.36. The second-order valence-electron chi connectivity index (χ2n) is 18.8. The van der Waals surface area contributed by atoms with Gasteiger partial charge in [-0.1, -0.05) is 45.0 Å². The standard InChI is InChI=1S/C54H60N8O8/c1-32(2)50(51(55)63)33(3)52(64)58-38-12-8-34(9-13-38)36-22-40-28-56-44-26-48(46(67-5)24-42(44)53(65)61(40)30-36)69-20-7-21-70-49-27-45-43(25-47(49)68-6)54(66)62-31-37(23-41(62)29-57-45)35-10-14-39(15-11-35)60-18-16-59(4)17-19-60/h8-15,24-33,40-41,50H,7,16-23H2,1-6H3,(H2,55,63)(H,58,64)/t33-,40-,41-,50?/m0/s1. The molecule has 70 heavy (non-hydrogen) atoms. The number of nitrogens with two attached hydrogens (primary N) is 1. The summed E-state index contributed by atoms with van der Waals surface area (Å²) < 4.78 is 23.8. The van der Waals surface area contributed by atoms with E-state index >= 15 is 0 Å². The SMILES string of the molecule is COc1cc2c(cc1OCCCOc1cc3c(cc1OC)C(=O)N1C=C(c4ccc(N5CCN(C)CC5)cc4)C[C@H]1C=N3)N=C[C@@H]1CC(c3ccc(NC(=O)[C@@H](C)C(C(N)=O)C(C)C)cc3)=CN1C2=O. The molecular weight excluding hydrogens is 889 g/mol. The number of amides is 4. The fourth-order valence-electron chi connectivity index (χ4n) is 9.86. The number of likely N-dealkylation sites (N-methyl/N-ethyl adjacent to an activating group) is 1. The molecule has 16 heteroatoms. The van der Waals surface area contributed by atoms with Crippen LogP contribution in [0.1, 0.15) is 71.9 Å². The summed E-state index contributed by atoms with van der Waals surface area (Å²) in [5.41, 5.74) is 13.2. The number of hydrogen-bond acceptors (Lipinski definition) is 12. The minimum Gasteiger partial charge on any atom is -0.493 e. The van der Waals surface area contributed by atoms with Crippen molar-refractivity contribution in [3.63, 3.8) is 0 Å². The van der Waals surface area contributed by atoms with Crippen LogP contribution < -0.4 is 34.9 Å². The van der Waals surface area contributed by atoms with Crippen molar-refractivity contribution < 1.29 is 38.1 Å². The molecule has 4 aromatic rings. The van der Waals surface area contributed by atoms with E-state index < -0.39 is 17.7 Å². The monoisotopic (exact) mass is 948 g/mol. The van der Waals surface area contributed by atoms with Crippen molar-refractivity contribution in [1.82, 2.24) is 14.7 Å². The lowest BCUT2D eigenvalue weighted by atomic mass is 9.83. The van der Waals surface area contributed by atoms with E-state index in [1.165, 1.54) is 12.8 Å². The summed E-state index contributed by atoms with van der Waals surface area (Å²) in [5.74, 6) is -0.667. The molecule has 5 aliphatic heterocycles. The van der Waals surface area contributed by atoms with Crippen LogP contribution in [0, 0.1) is 17.8 Å². The molecule has 0 saturated carbocycles. The van der Waals surface area contributed by atoms with E-state index in [0.717, 1.165) is 48.5 Å². The third-order valence-electron chi connectivity index (χ3n) is 13.9. The predicted octanol–water partition coefficient (Wildman–Crippen LogP) is 7.58. The minimum absolute atomic E-state index is 0.0738. The highest BCUT2D eigenvalue weighted by Crippen LogP contribution is 2.42. The van der Waals surface area contributed by atoms with Gasteiger partial charge in [0, 0.05) is 99.7 Å². The van der Waals surface area contributed by atoms with Gasteiger partial charge in [0.25, 0.3) is 11.8 Å². The summed E-state index contributed by atoms with van der Waals surface area (Å²) in [4.78, 5) is 70.7. The van der Waals surface area contributed by atoms with Gasteiger partial charge in [0.05, 0.1) is 67.9 Å². The number of primary amides is 1. The zero-order valence-electron chi connectivity index (χ0n) is 40.5. The molecule has 16 nitrogen and oxygen atoms in total. The summed E-state index contributed by atoms with van der Waals surface area (Å²) in [6.45, 7) is 10.1. The maximum Gasteiger partial charge on any atom is 0.260 e. The normalized spacial score (nSPS) is 19.3. The van der Waals surface area contributed by atoms with Gasteiger partial charge in [0.1, 0.15) is 0 Å². The number of nitrogens with zero attached hydrogens (tertiary/aromatic N) is 6. The number of methoxy groups -OCH3 is 2. The van der Waals surface area contributed by atoms with Crippen LogP contribution >= 0.6 is 0 Å². The molecule has 3 N–H and O–H groups in total. The number of piperazine rings is 1. The van der Waals surface area contributed by atoms with Crippen molar-refractivity contribution >= 4 is 70.0 Å². The lowest BCUT2D eigenvalue weighted by Crippen LogP contribution is -2.44. The van der Waals surface area contributed by atoms with Crippen LogP contribution in [-0.2, 0) is 9.59 Å². The van der Waals surface area contributed by atoms with Gasteiger partial charge in [0.2, 0.25) is 11.8 Å². The Labute approximate surface area is 408 Å². The van der Waals surface area contributed by atoms with Gasteiger partial charge in [-0.05, 0) is 71.6 Å². The van der Waals surface area contributed by atoms with Crippen molar-refractivity contribution in [2.45, 2.75) is 52.1 Å². The zero-order chi connectivity index (χ0) is 49.2. The van der Waals surface area contributed by atoms with Crippen LogP contribution in [0.15, 0.2) is 95.2 Å². The zero-order valence-corrected chi connectivity index (χ0v) is 40.5. The van der Waals surface area contributed by atoms with E-state index in [4.69, 9.17) is 34.7 Å². The molecule has 5 aliphatic rings. The van der Waals surface area contributed by atoms with Crippen molar-refractivity contribution in [3.8, 4) is 23.0 Å². The Morgan fingerprint density at radius 3 is 1.64 bits per heavy atom. The van der Waals surface area contributed by atoms with E-state index in [9.17, 15) is 19.2 Å². The first kappa shape index (κ1) is 47.6. The van der Waals surface area contributed by atoms with Gasteiger partial charge in [-0.25, -0.2) is 0 Å². The van der Waals surface area contributed by atoms with Crippen LogP contribution in [0.4, 0.5) is 22.7 Å². The Balaban J connectivity index is 0.795. The number of nitrogens with one attached hydrogen (secondary N) is 1. The van der Waals surface area contributed by atoms with Gasteiger partial charge >= 0.3 is 0 Å². The molecule has 9 rings (SSSR count). The average Bonchev–Trinajstić information content (AvgIpc) is 3.94. The first-order valence-corrected chi connectivity index (χ1v) is 23.9. The number of fused-ring (bicyclic) bond motifs is 4. The molecule has 1 unspecified atom stereocenters. The van der Waals surface area contributed by atoms with E-state index in [0.29, 0.717) is 70.4 Å². The smallest absolute Gasteiger partial charge is 0.260 e. The van der Waals surface area contributed by atoms with E-state index in [-0.39, 0.29) is 48.9 Å². The topological polar surface area (TPSA) is 181 Å². The molecular formula is C54H60N8O8. The van der Waals surface area contributed by atoms with Gasteiger partial charge < -0.3 is 49.6 Å². The summed E-state index contributed by atoms with van der Waals surface area (Å²) >= 11 is 0. The maximum absolute atomic E-state index is 14.0. The third kappa shape index (κ3) is 9.73. The largest absolute Gasteiger partial charge is 0.493 e. The molecule has 0 aromatic heterocycles. The lowest BCUT2D eigenvalue weighted by Gasteiger charge is -2.34. The van der Waals surface area contributed by atoms with E-state index in [1.54, 1.807) is 66.4 Å². The molecule has 1 saturated heterocycles. The van der Waals surface area contributed by atoms with Crippen molar-refractivity contribution in [1.29, 1.82) is 0 Å².